The zero-order chi connectivity index (χ0) is 12.4. The molecule has 5 nitrogen and oxygen atoms in total. The average Bonchev–Trinajstić information content (AvgIpc) is 2.64. The van der Waals surface area contributed by atoms with Crippen molar-refractivity contribution in [3.05, 3.63) is 34.8 Å². The Balaban J connectivity index is 2.23. The van der Waals surface area contributed by atoms with E-state index in [1.807, 2.05) is 0 Å². The number of aryl methyl sites for hydroxylation is 1. The predicted octanol–water partition coefficient (Wildman–Crippen LogP) is 1.47. The normalized spacial score (nSPS) is 12.6. The maximum atomic E-state index is 12.2. The molecule has 1 aromatic heterocycles. The summed E-state index contributed by atoms with van der Waals surface area (Å²) >= 11 is 3.35. The summed E-state index contributed by atoms with van der Waals surface area (Å²) in [6.45, 7) is 0. The third-order valence-electron chi connectivity index (χ3n) is 2.27. The summed E-state index contributed by atoms with van der Waals surface area (Å²) in [6, 6.07) is 5.23. The second-order valence-electron chi connectivity index (χ2n) is 3.48. The minimum Gasteiger partial charge on any atom is -0.399 e. The highest BCUT2D eigenvalue weighted by Gasteiger charge is 2.12. The Bertz CT molecular complexity index is 569. The number of halogens is 1. The highest BCUT2D eigenvalue weighted by atomic mass is 79.9. The number of rotatable bonds is 3. The monoisotopic (exact) mass is 314 g/mol. The molecule has 0 aliphatic rings. The van der Waals surface area contributed by atoms with E-state index in [1.165, 1.54) is 6.33 Å². The van der Waals surface area contributed by atoms with Crippen LogP contribution in [0.4, 0.5) is 5.69 Å². The lowest BCUT2D eigenvalue weighted by Gasteiger charge is -2.05. The Morgan fingerprint density at radius 2 is 2.29 bits per heavy atom. The average molecular weight is 315 g/mol. The van der Waals surface area contributed by atoms with Gasteiger partial charge in [0, 0.05) is 17.2 Å². The van der Waals surface area contributed by atoms with E-state index in [0.29, 0.717) is 22.2 Å². The minimum absolute atomic E-state index is 0.332. The molecule has 0 radical (unpaired) electrons. The summed E-state index contributed by atoms with van der Waals surface area (Å²) in [5.74, 6) is 1.02. The zero-order valence-electron chi connectivity index (χ0n) is 9.13. The van der Waals surface area contributed by atoms with Crippen molar-refractivity contribution >= 4 is 32.4 Å². The van der Waals surface area contributed by atoms with Gasteiger partial charge in [0.2, 0.25) is 0 Å². The van der Waals surface area contributed by atoms with Gasteiger partial charge in [-0.2, -0.15) is 5.10 Å². The molecule has 0 spiro atoms. The zero-order valence-corrected chi connectivity index (χ0v) is 11.5. The van der Waals surface area contributed by atoms with E-state index in [1.54, 1.807) is 29.9 Å². The van der Waals surface area contributed by atoms with Crippen molar-refractivity contribution in [3.63, 3.8) is 0 Å². The van der Waals surface area contributed by atoms with Gasteiger partial charge in [-0.1, -0.05) is 0 Å². The van der Waals surface area contributed by atoms with Gasteiger partial charge in [0.25, 0.3) is 0 Å². The van der Waals surface area contributed by atoms with Crippen LogP contribution in [0.25, 0.3) is 0 Å². The predicted molar refractivity (Wildman–Crippen MR) is 69.7 cm³/mol. The number of hydrogen-bond donors (Lipinski definition) is 1. The summed E-state index contributed by atoms with van der Waals surface area (Å²) < 4.78 is 14.5. The van der Waals surface area contributed by atoms with Crippen molar-refractivity contribution in [2.24, 2.45) is 7.05 Å². The summed E-state index contributed by atoms with van der Waals surface area (Å²) in [4.78, 5) is 4.76. The number of hydrogen-bond acceptors (Lipinski definition) is 4. The first kappa shape index (κ1) is 12.3. The number of anilines is 1. The molecule has 0 aliphatic carbocycles. The van der Waals surface area contributed by atoms with Crippen molar-refractivity contribution < 1.29 is 4.21 Å². The Kier molecular flexibility index (Phi) is 3.58. The van der Waals surface area contributed by atoms with Crippen LogP contribution >= 0.6 is 15.9 Å². The lowest BCUT2D eigenvalue weighted by molar-refractivity contribution is 0.674. The topological polar surface area (TPSA) is 73.8 Å². The molecular formula is C10H11BrN4OS. The van der Waals surface area contributed by atoms with Gasteiger partial charge in [0.1, 0.15) is 12.2 Å². The van der Waals surface area contributed by atoms with Crippen LogP contribution in [0.5, 0.6) is 0 Å². The molecule has 2 rings (SSSR count). The van der Waals surface area contributed by atoms with Crippen LogP contribution in [0.2, 0.25) is 0 Å². The Hall–Kier alpha value is -1.21. The van der Waals surface area contributed by atoms with Crippen LogP contribution in [0.15, 0.2) is 33.9 Å². The van der Waals surface area contributed by atoms with E-state index in [9.17, 15) is 4.21 Å². The number of benzene rings is 1. The first-order valence-electron chi connectivity index (χ1n) is 4.84. The molecule has 2 aromatic rings. The lowest BCUT2D eigenvalue weighted by Crippen LogP contribution is -2.05. The second-order valence-corrected chi connectivity index (χ2v) is 5.75. The number of aromatic nitrogens is 3. The quantitative estimate of drug-likeness (QED) is 0.871. The molecule has 1 aromatic carbocycles. The molecule has 1 heterocycles. The third kappa shape index (κ3) is 2.73. The maximum Gasteiger partial charge on any atom is 0.139 e. The molecule has 90 valence electrons. The number of nitrogen functional groups attached to an aromatic ring is 1. The largest absolute Gasteiger partial charge is 0.399 e. The van der Waals surface area contributed by atoms with Gasteiger partial charge >= 0.3 is 0 Å². The van der Waals surface area contributed by atoms with Crippen LogP contribution < -0.4 is 5.73 Å². The van der Waals surface area contributed by atoms with Crippen LogP contribution in [0, 0.1) is 0 Å². The summed E-state index contributed by atoms with van der Waals surface area (Å²) in [7, 11) is 0.607. The number of nitrogens with zero attached hydrogens (tertiary/aromatic N) is 3. The van der Waals surface area contributed by atoms with E-state index < -0.39 is 10.8 Å². The molecule has 0 saturated carbocycles. The van der Waals surface area contributed by atoms with Crippen LogP contribution in [-0.2, 0) is 23.6 Å². The van der Waals surface area contributed by atoms with Gasteiger partial charge in [-0.05, 0) is 34.1 Å². The van der Waals surface area contributed by atoms with Gasteiger partial charge < -0.3 is 5.73 Å². The fourth-order valence-electron chi connectivity index (χ4n) is 1.35. The van der Waals surface area contributed by atoms with Crippen molar-refractivity contribution in [1.82, 2.24) is 14.8 Å². The Morgan fingerprint density at radius 3 is 2.88 bits per heavy atom. The molecule has 7 heteroatoms. The molecule has 1 atom stereocenters. The van der Waals surface area contributed by atoms with Gasteiger partial charge in [-0.3, -0.25) is 8.89 Å². The fourth-order valence-corrected chi connectivity index (χ4v) is 3.43. The molecule has 0 saturated heterocycles. The smallest absolute Gasteiger partial charge is 0.139 e. The van der Waals surface area contributed by atoms with Crippen molar-refractivity contribution in [1.29, 1.82) is 0 Å². The highest BCUT2D eigenvalue weighted by molar-refractivity contribution is 9.10. The molecule has 0 aliphatic heterocycles. The van der Waals surface area contributed by atoms with Crippen LogP contribution in [0.1, 0.15) is 5.82 Å². The van der Waals surface area contributed by atoms with Gasteiger partial charge in [0.15, 0.2) is 0 Å². The standard InChI is InChI=1S/C10H11BrN4OS/c1-15-10(13-6-14-15)5-17(16)9-3-2-7(12)4-8(9)11/h2-4,6H,5,12H2,1H3. The van der Waals surface area contributed by atoms with E-state index in [0.717, 1.165) is 4.47 Å². The Labute approximate surface area is 110 Å². The summed E-state index contributed by atoms with van der Waals surface area (Å²) in [5.41, 5.74) is 6.27. The third-order valence-corrected chi connectivity index (χ3v) is 4.55. The number of nitrogens with two attached hydrogens (primary N) is 1. The van der Waals surface area contributed by atoms with E-state index >= 15 is 0 Å². The second kappa shape index (κ2) is 4.97. The first-order valence-corrected chi connectivity index (χ1v) is 6.95. The molecule has 0 amide bonds. The van der Waals surface area contributed by atoms with E-state index in [2.05, 4.69) is 26.0 Å². The molecule has 17 heavy (non-hydrogen) atoms. The minimum atomic E-state index is -1.17. The SMILES string of the molecule is Cn1ncnc1CS(=O)c1ccc(N)cc1Br. The first-order chi connectivity index (χ1) is 8.08. The van der Waals surface area contributed by atoms with E-state index in [-0.39, 0.29) is 0 Å². The molecule has 2 N–H and O–H groups in total. The highest BCUT2D eigenvalue weighted by Crippen LogP contribution is 2.24. The van der Waals surface area contributed by atoms with Gasteiger partial charge in [0.05, 0.1) is 21.4 Å². The molecule has 0 bridgehead atoms. The summed E-state index contributed by atoms with van der Waals surface area (Å²) in [5, 5.41) is 3.94. The molecular weight excluding hydrogens is 304 g/mol. The van der Waals surface area contributed by atoms with Gasteiger partial charge in [-0.25, -0.2) is 4.98 Å². The van der Waals surface area contributed by atoms with Crippen LogP contribution in [0.3, 0.4) is 0 Å². The lowest BCUT2D eigenvalue weighted by atomic mass is 10.3. The van der Waals surface area contributed by atoms with Crippen molar-refractivity contribution in [3.8, 4) is 0 Å². The van der Waals surface area contributed by atoms with Crippen LogP contribution in [-0.4, -0.2) is 19.0 Å². The maximum absolute atomic E-state index is 12.2. The molecule has 0 fully saturated rings. The van der Waals surface area contributed by atoms with Crippen molar-refractivity contribution in [2.45, 2.75) is 10.6 Å². The fraction of sp³-hybridized carbons (Fsp3) is 0.200. The van der Waals surface area contributed by atoms with Gasteiger partial charge in [-0.15, -0.1) is 0 Å². The summed E-state index contributed by atoms with van der Waals surface area (Å²) in [6.07, 6.45) is 1.45. The van der Waals surface area contributed by atoms with Crippen molar-refractivity contribution in [2.75, 3.05) is 5.73 Å². The Morgan fingerprint density at radius 1 is 1.53 bits per heavy atom. The molecule has 1 unspecified atom stereocenters. The van der Waals surface area contributed by atoms with E-state index in [4.69, 9.17) is 5.73 Å².